The molecule has 2 atom stereocenters. The predicted octanol–water partition coefficient (Wildman–Crippen LogP) is 4.19. The Morgan fingerprint density at radius 3 is 2.59 bits per heavy atom. The van der Waals surface area contributed by atoms with Gasteiger partial charge in [0.2, 0.25) is 0 Å². The second-order valence-electron chi connectivity index (χ2n) is 8.26. The van der Waals surface area contributed by atoms with E-state index in [-0.39, 0.29) is 0 Å². The van der Waals surface area contributed by atoms with Crippen molar-refractivity contribution >= 4 is 0 Å². The highest BCUT2D eigenvalue weighted by atomic mass is 16.7. The highest BCUT2D eigenvalue weighted by Gasteiger charge is 2.47. The third-order valence-electron chi connectivity index (χ3n) is 6.61. The summed E-state index contributed by atoms with van der Waals surface area (Å²) in [6.07, 6.45) is 9.02. The van der Waals surface area contributed by atoms with E-state index in [2.05, 4.69) is 40.0 Å². The SMILES string of the molecule is c1ccc(C2CCC3(CC2c2nnc4n2CCCCCC4)OCCO3)cc1. The average molecular weight is 367 g/mol. The van der Waals surface area contributed by atoms with Gasteiger partial charge in [0.15, 0.2) is 5.79 Å². The molecule has 5 heteroatoms. The molecule has 2 aromatic rings. The zero-order chi connectivity index (χ0) is 18.1. The number of benzene rings is 1. The first kappa shape index (κ1) is 17.4. The molecule has 1 saturated heterocycles. The summed E-state index contributed by atoms with van der Waals surface area (Å²) in [5.74, 6) is 2.65. The summed E-state index contributed by atoms with van der Waals surface area (Å²) < 4.78 is 14.6. The van der Waals surface area contributed by atoms with Crippen LogP contribution in [-0.4, -0.2) is 33.8 Å². The monoisotopic (exact) mass is 367 g/mol. The molecule has 2 fully saturated rings. The summed E-state index contributed by atoms with van der Waals surface area (Å²) in [6.45, 7) is 2.46. The van der Waals surface area contributed by atoms with Crippen molar-refractivity contribution in [2.24, 2.45) is 0 Å². The fraction of sp³-hybridized carbons (Fsp3) is 0.636. The van der Waals surface area contributed by atoms with Gasteiger partial charge in [-0.2, -0.15) is 0 Å². The van der Waals surface area contributed by atoms with Crippen LogP contribution >= 0.6 is 0 Å². The minimum Gasteiger partial charge on any atom is -0.348 e. The maximum atomic E-state index is 6.10. The molecule has 0 radical (unpaired) electrons. The summed E-state index contributed by atoms with van der Waals surface area (Å²) in [6, 6.07) is 10.9. The van der Waals surface area contributed by atoms with E-state index in [1.165, 1.54) is 37.1 Å². The van der Waals surface area contributed by atoms with Crippen LogP contribution in [0.2, 0.25) is 0 Å². The zero-order valence-corrected chi connectivity index (χ0v) is 16.0. The van der Waals surface area contributed by atoms with Crippen molar-refractivity contribution in [3.05, 3.63) is 47.5 Å². The predicted molar refractivity (Wildman–Crippen MR) is 103 cm³/mol. The Morgan fingerprint density at radius 1 is 0.926 bits per heavy atom. The molecule has 2 unspecified atom stereocenters. The Hall–Kier alpha value is -1.72. The molecule has 2 aliphatic heterocycles. The molecule has 27 heavy (non-hydrogen) atoms. The molecule has 3 heterocycles. The van der Waals surface area contributed by atoms with Crippen LogP contribution in [0.3, 0.4) is 0 Å². The molecule has 5 rings (SSSR count). The van der Waals surface area contributed by atoms with Gasteiger partial charge < -0.3 is 14.0 Å². The van der Waals surface area contributed by atoms with Crippen LogP contribution < -0.4 is 0 Å². The van der Waals surface area contributed by atoms with Crippen molar-refractivity contribution in [3.8, 4) is 0 Å². The number of ether oxygens (including phenoxy) is 2. The Bertz CT molecular complexity index is 767. The fourth-order valence-electron chi connectivity index (χ4n) is 5.24. The van der Waals surface area contributed by atoms with E-state index >= 15 is 0 Å². The summed E-state index contributed by atoms with van der Waals surface area (Å²) in [4.78, 5) is 0. The first-order chi connectivity index (χ1) is 13.3. The van der Waals surface area contributed by atoms with E-state index in [9.17, 15) is 0 Å². The highest BCUT2D eigenvalue weighted by Crippen LogP contribution is 2.50. The van der Waals surface area contributed by atoms with E-state index < -0.39 is 5.79 Å². The lowest BCUT2D eigenvalue weighted by molar-refractivity contribution is -0.183. The van der Waals surface area contributed by atoms with Crippen LogP contribution in [0.1, 0.15) is 74.0 Å². The van der Waals surface area contributed by atoms with Crippen LogP contribution in [0.25, 0.3) is 0 Å². The van der Waals surface area contributed by atoms with Crippen molar-refractivity contribution in [2.75, 3.05) is 13.2 Å². The van der Waals surface area contributed by atoms with Crippen molar-refractivity contribution in [3.63, 3.8) is 0 Å². The zero-order valence-electron chi connectivity index (χ0n) is 16.0. The summed E-state index contributed by atoms with van der Waals surface area (Å²) in [5, 5.41) is 9.35. The molecule has 3 aliphatic rings. The topological polar surface area (TPSA) is 49.2 Å². The Kier molecular flexibility index (Phi) is 4.74. The number of aromatic nitrogens is 3. The normalized spacial score (nSPS) is 27.9. The van der Waals surface area contributed by atoms with Gasteiger partial charge in [-0.1, -0.05) is 43.2 Å². The quantitative estimate of drug-likeness (QED) is 0.799. The molecule has 1 aromatic heterocycles. The van der Waals surface area contributed by atoms with Crippen LogP contribution in [0, 0.1) is 0 Å². The summed E-state index contributed by atoms with van der Waals surface area (Å²) >= 11 is 0. The van der Waals surface area contributed by atoms with Gasteiger partial charge in [0, 0.05) is 31.7 Å². The molecular formula is C22H29N3O2. The van der Waals surface area contributed by atoms with Gasteiger partial charge in [0.05, 0.1) is 13.2 Å². The molecule has 0 bridgehead atoms. The van der Waals surface area contributed by atoms with E-state index in [4.69, 9.17) is 14.6 Å². The molecule has 1 spiro atoms. The van der Waals surface area contributed by atoms with Crippen molar-refractivity contribution in [1.29, 1.82) is 0 Å². The molecule has 0 N–H and O–H groups in total. The largest absolute Gasteiger partial charge is 0.348 e. The van der Waals surface area contributed by atoms with Gasteiger partial charge in [0.25, 0.3) is 0 Å². The first-order valence-corrected chi connectivity index (χ1v) is 10.6. The second-order valence-corrected chi connectivity index (χ2v) is 8.26. The molecular weight excluding hydrogens is 338 g/mol. The van der Waals surface area contributed by atoms with E-state index in [1.807, 2.05) is 0 Å². The lowest BCUT2D eigenvalue weighted by Gasteiger charge is -2.41. The lowest BCUT2D eigenvalue weighted by atomic mass is 9.72. The van der Waals surface area contributed by atoms with E-state index in [0.29, 0.717) is 25.0 Å². The van der Waals surface area contributed by atoms with Crippen LogP contribution in [0.15, 0.2) is 30.3 Å². The molecule has 144 valence electrons. The van der Waals surface area contributed by atoms with Crippen LogP contribution in [0.5, 0.6) is 0 Å². The number of hydrogen-bond acceptors (Lipinski definition) is 4. The highest BCUT2D eigenvalue weighted by molar-refractivity contribution is 5.26. The number of aryl methyl sites for hydroxylation is 1. The Labute approximate surface area is 161 Å². The third-order valence-corrected chi connectivity index (χ3v) is 6.61. The maximum absolute atomic E-state index is 6.10. The van der Waals surface area contributed by atoms with Crippen LogP contribution in [-0.2, 0) is 22.4 Å². The standard InChI is InChI=1S/C22H29N3O2/c1-2-7-13-25-20(10-6-1)23-24-21(25)19-16-22(26-14-15-27-22)12-11-18(19)17-8-4-3-5-9-17/h3-5,8-9,18-19H,1-2,6-7,10-16H2. The Morgan fingerprint density at radius 2 is 1.74 bits per heavy atom. The van der Waals surface area contributed by atoms with Gasteiger partial charge >= 0.3 is 0 Å². The first-order valence-electron chi connectivity index (χ1n) is 10.6. The Balaban J connectivity index is 1.53. The van der Waals surface area contributed by atoms with E-state index in [0.717, 1.165) is 38.1 Å². The molecule has 5 nitrogen and oxygen atoms in total. The van der Waals surface area contributed by atoms with Gasteiger partial charge in [-0.05, 0) is 30.7 Å². The van der Waals surface area contributed by atoms with Gasteiger partial charge in [-0.25, -0.2) is 0 Å². The molecule has 1 aromatic carbocycles. The molecule has 1 saturated carbocycles. The number of rotatable bonds is 2. The molecule has 1 aliphatic carbocycles. The number of nitrogens with zero attached hydrogens (tertiary/aromatic N) is 3. The smallest absolute Gasteiger partial charge is 0.169 e. The second kappa shape index (κ2) is 7.36. The van der Waals surface area contributed by atoms with Crippen molar-refractivity contribution in [2.45, 2.75) is 75.5 Å². The van der Waals surface area contributed by atoms with Gasteiger partial charge in [0.1, 0.15) is 11.6 Å². The van der Waals surface area contributed by atoms with Crippen LogP contribution in [0.4, 0.5) is 0 Å². The fourth-order valence-corrected chi connectivity index (χ4v) is 5.24. The minimum atomic E-state index is -0.413. The summed E-state index contributed by atoms with van der Waals surface area (Å²) in [5.41, 5.74) is 1.40. The van der Waals surface area contributed by atoms with Crippen molar-refractivity contribution in [1.82, 2.24) is 14.8 Å². The average Bonchev–Trinajstić information content (AvgIpc) is 3.29. The van der Waals surface area contributed by atoms with E-state index in [1.54, 1.807) is 0 Å². The molecule has 0 amide bonds. The number of hydrogen-bond donors (Lipinski definition) is 0. The minimum absolute atomic E-state index is 0.292. The lowest BCUT2D eigenvalue weighted by Crippen LogP contribution is -2.39. The van der Waals surface area contributed by atoms with Gasteiger partial charge in [-0.3, -0.25) is 0 Å². The van der Waals surface area contributed by atoms with Gasteiger partial charge in [-0.15, -0.1) is 10.2 Å². The number of fused-ring (bicyclic) bond motifs is 1. The third kappa shape index (κ3) is 3.32. The maximum Gasteiger partial charge on any atom is 0.169 e. The van der Waals surface area contributed by atoms with Crippen molar-refractivity contribution < 1.29 is 9.47 Å². The summed E-state index contributed by atoms with van der Waals surface area (Å²) in [7, 11) is 0.